The van der Waals surface area contributed by atoms with Crippen LogP contribution in [-0.2, 0) is 16.0 Å². The van der Waals surface area contributed by atoms with E-state index in [-0.39, 0.29) is 0 Å². The molecule has 1 heterocycles. The van der Waals surface area contributed by atoms with Crippen LogP contribution in [0.3, 0.4) is 0 Å². The number of aryl methyl sites for hydroxylation is 3. The number of ether oxygens (including phenoxy) is 1. The second kappa shape index (κ2) is 11.4. The van der Waals surface area contributed by atoms with E-state index in [1.807, 2.05) is 56.4 Å². The Kier molecular flexibility index (Phi) is 8.97. The van der Waals surface area contributed by atoms with Gasteiger partial charge in [0.2, 0.25) is 0 Å². The van der Waals surface area contributed by atoms with Crippen LogP contribution in [0.4, 0.5) is 11.4 Å². The van der Waals surface area contributed by atoms with E-state index in [1.165, 1.54) is 16.7 Å². The first-order valence-corrected chi connectivity index (χ1v) is 10.2. The predicted molar refractivity (Wildman–Crippen MR) is 123 cm³/mol. The topological polar surface area (TPSA) is 46.8 Å². The van der Waals surface area contributed by atoms with E-state index in [0.717, 1.165) is 33.0 Å². The molecule has 3 rings (SSSR count). The Morgan fingerprint density at radius 1 is 0.933 bits per heavy atom. The molecule has 0 aliphatic rings. The fraction of sp³-hybridized carbons (Fsp3) is 0.240. The van der Waals surface area contributed by atoms with Gasteiger partial charge in [0.05, 0.1) is 12.8 Å². The Morgan fingerprint density at radius 2 is 1.57 bits per heavy atom. The van der Waals surface area contributed by atoms with Gasteiger partial charge in [-0.1, -0.05) is 6.07 Å². The molecule has 157 valence electrons. The van der Waals surface area contributed by atoms with Crippen molar-refractivity contribution in [2.75, 3.05) is 7.11 Å². The quantitative estimate of drug-likeness (QED) is 0.345. The first-order valence-electron chi connectivity index (χ1n) is 9.67. The number of pyridine rings is 1. The Bertz CT molecular complexity index is 999. The molecule has 0 aliphatic carbocycles. The standard InChI is InChI=1S/C14H14N2O.C11H14N.Fe/c1-11(12-4-3-9-15-10-12)16-13-5-7-14(17-2)8-6-13;1-5-12-11-9(3)6-8(2)7-10(11)4;/h3-10H,1-2H3;6-7H,1-4H3;. The first kappa shape index (κ1) is 23.5. The van der Waals surface area contributed by atoms with Crippen LogP contribution in [0.1, 0.15) is 36.1 Å². The van der Waals surface area contributed by atoms with Crippen molar-refractivity contribution in [3.05, 3.63) is 83.2 Å². The molecule has 2 aromatic carbocycles. The van der Waals surface area contributed by atoms with Crippen molar-refractivity contribution < 1.29 is 20.7 Å². The van der Waals surface area contributed by atoms with Crippen LogP contribution in [0.5, 0.6) is 5.75 Å². The van der Waals surface area contributed by atoms with Crippen molar-refractivity contribution in [2.24, 2.45) is 9.98 Å². The van der Waals surface area contributed by atoms with Crippen LogP contribution in [0, 0.1) is 20.8 Å². The van der Waals surface area contributed by atoms with Gasteiger partial charge in [-0.2, -0.15) is 0 Å². The fourth-order valence-corrected chi connectivity index (χ4v) is 3.12. The Morgan fingerprint density at radius 3 is 2.07 bits per heavy atom. The zero-order valence-electron chi connectivity index (χ0n) is 18.4. The number of aromatic nitrogens is 1. The minimum atomic E-state index is 0.836. The second-order valence-corrected chi connectivity index (χ2v) is 7.77. The van der Waals surface area contributed by atoms with Gasteiger partial charge in [0.25, 0.3) is 0 Å². The van der Waals surface area contributed by atoms with Crippen LogP contribution < -0.4 is 4.74 Å². The van der Waals surface area contributed by atoms with Gasteiger partial charge in [0, 0.05) is 23.7 Å². The SMILES string of the molecule is COc1ccc(N=C(C)c2cccnc2)cc1.C[C]([Fe])=Nc1c(C)cc(C)cc1C. The maximum atomic E-state index is 5.10. The molecule has 0 bridgehead atoms. The van der Waals surface area contributed by atoms with Crippen LogP contribution in [0.2, 0.25) is 0 Å². The normalized spacial score (nSPS) is 11.6. The summed E-state index contributed by atoms with van der Waals surface area (Å²) in [4.78, 5) is 13.0. The zero-order chi connectivity index (χ0) is 22.1. The van der Waals surface area contributed by atoms with E-state index in [0.29, 0.717) is 0 Å². The van der Waals surface area contributed by atoms with Gasteiger partial charge in [-0.25, -0.2) is 0 Å². The summed E-state index contributed by atoms with van der Waals surface area (Å²) in [7, 11) is 1.65. The summed E-state index contributed by atoms with van der Waals surface area (Å²) in [5.74, 6) is 0.836. The summed E-state index contributed by atoms with van der Waals surface area (Å²) < 4.78 is 5.96. The molecule has 0 atom stereocenters. The van der Waals surface area contributed by atoms with Crippen molar-refractivity contribution in [1.29, 1.82) is 0 Å². The van der Waals surface area contributed by atoms with Crippen LogP contribution in [0.15, 0.2) is 70.9 Å². The van der Waals surface area contributed by atoms with Gasteiger partial charge in [0.15, 0.2) is 0 Å². The third kappa shape index (κ3) is 7.25. The fourth-order valence-electron chi connectivity index (χ4n) is 2.99. The predicted octanol–water partition coefficient (Wildman–Crippen LogP) is 6.44. The average molecular weight is 442 g/mol. The second-order valence-electron chi connectivity index (χ2n) is 6.98. The van der Waals surface area contributed by atoms with E-state index in [2.05, 4.69) is 63.9 Å². The number of benzene rings is 2. The molecule has 3 aromatic rings. The number of nitrogens with zero attached hydrogens (tertiary/aromatic N) is 3. The number of hydrogen-bond acceptors (Lipinski definition) is 4. The van der Waals surface area contributed by atoms with Crippen LogP contribution >= 0.6 is 0 Å². The number of methoxy groups -OCH3 is 1. The van der Waals surface area contributed by atoms with Crippen molar-refractivity contribution in [1.82, 2.24) is 4.98 Å². The molecule has 0 radical (unpaired) electrons. The molecule has 5 heteroatoms. The van der Waals surface area contributed by atoms with Crippen molar-refractivity contribution in [3.8, 4) is 5.75 Å². The first-order chi connectivity index (χ1) is 14.3. The Hall–Kier alpha value is -2.75. The number of hydrogen-bond donors (Lipinski definition) is 0. The summed E-state index contributed by atoms with van der Waals surface area (Å²) in [6, 6.07) is 15.9. The summed E-state index contributed by atoms with van der Waals surface area (Å²) in [5.41, 5.74) is 7.69. The van der Waals surface area contributed by atoms with E-state index < -0.39 is 0 Å². The third-order valence-corrected chi connectivity index (χ3v) is 4.47. The van der Waals surface area contributed by atoms with Crippen LogP contribution in [-0.4, -0.2) is 22.4 Å². The monoisotopic (exact) mass is 442 g/mol. The van der Waals surface area contributed by atoms with E-state index in [9.17, 15) is 0 Å². The van der Waals surface area contributed by atoms with Gasteiger partial charge < -0.3 is 4.74 Å². The summed E-state index contributed by atoms with van der Waals surface area (Å²) in [5, 5.41) is 0. The van der Waals surface area contributed by atoms with Gasteiger partial charge >= 0.3 is 87.8 Å². The number of rotatable bonds is 4. The van der Waals surface area contributed by atoms with Gasteiger partial charge in [-0.3, -0.25) is 9.98 Å². The van der Waals surface area contributed by atoms with Gasteiger partial charge in [-0.05, 0) is 37.3 Å². The molecular formula is C25H28FeN3O. The molecule has 4 nitrogen and oxygen atoms in total. The molecule has 1 aromatic heterocycles. The molecule has 30 heavy (non-hydrogen) atoms. The van der Waals surface area contributed by atoms with E-state index in [4.69, 9.17) is 4.74 Å². The molecular weight excluding hydrogens is 414 g/mol. The van der Waals surface area contributed by atoms with Gasteiger partial charge in [-0.15, -0.1) is 0 Å². The zero-order valence-corrected chi connectivity index (χ0v) is 19.5. The van der Waals surface area contributed by atoms with Crippen LogP contribution in [0.25, 0.3) is 0 Å². The summed E-state index contributed by atoms with van der Waals surface area (Å²) in [6.45, 7) is 10.2. The molecule has 0 saturated carbocycles. The maximum absolute atomic E-state index is 5.10. The Labute approximate surface area is 188 Å². The van der Waals surface area contributed by atoms with Crippen molar-refractivity contribution >= 4 is 21.7 Å². The minimum absolute atomic E-state index is 0.836. The van der Waals surface area contributed by atoms with Crippen molar-refractivity contribution in [3.63, 3.8) is 0 Å². The molecule has 0 spiro atoms. The Balaban J connectivity index is 0.000000222. The molecule has 0 aliphatic heterocycles. The molecule has 0 fully saturated rings. The molecule has 0 N–H and O–H groups in total. The number of aliphatic imine (C=N–C) groups is 2. The molecule has 0 amide bonds. The summed E-state index contributed by atoms with van der Waals surface area (Å²) in [6.07, 6.45) is 3.56. The summed E-state index contributed by atoms with van der Waals surface area (Å²) >= 11 is 3.79. The average Bonchev–Trinajstić information content (AvgIpc) is 2.72. The molecule has 0 saturated heterocycles. The van der Waals surface area contributed by atoms with E-state index >= 15 is 0 Å². The molecule has 0 unspecified atom stereocenters. The van der Waals surface area contributed by atoms with Crippen molar-refractivity contribution in [2.45, 2.75) is 34.6 Å². The van der Waals surface area contributed by atoms with E-state index in [1.54, 1.807) is 13.3 Å². The van der Waals surface area contributed by atoms with Gasteiger partial charge in [0.1, 0.15) is 5.75 Å². The third-order valence-electron chi connectivity index (χ3n) is 4.35.